The van der Waals surface area contributed by atoms with Crippen LogP contribution in [0.5, 0.6) is 0 Å². The van der Waals surface area contributed by atoms with Gasteiger partial charge in [-0.1, -0.05) is 0 Å². The first-order valence-electron chi connectivity index (χ1n) is 3.14. The van der Waals surface area contributed by atoms with Crippen LogP contribution in [0.25, 0.3) is 11.2 Å². The van der Waals surface area contributed by atoms with Crippen molar-refractivity contribution in [3.8, 4) is 0 Å². The second kappa shape index (κ2) is 2.13. The van der Waals surface area contributed by atoms with E-state index in [9.17, 15) is 0 Å². The summed E-state index contributed by atoms with van der Waals surface area (Å²) in [6, 6.07) is 0. The fourth-order valence-electron chi connectivity index (χ4n) is 0.959. The monoisotopic (exact) mass is 166 g/mol. The van der Waals surface area contributed by atoms with Gasteiger partial charge in [0.15, 0.2) is 10.4 Å². The predicted octanol–water partition coefficient (Wildman–Crippen LogP) is 1.03. The van der Waals surface area contributed by atoms with Gasteiger partial charge in [0.2, 0.25) is 0 Å². The van der Waals surface area contributed by atoms with Crippen molar-refractivity contribution in [3.63, 3.8) is 0 Å². The Labute approximate surface area is 67.9 Å². The number of rotatable bonds is 0. The Kier molecular flexibility index (Phi) is 1.25. The average molecular weight is 166 g/mol. The van der Waals surface area contributed by atoms with Gasteiger partial charge in [-0.15, -0.1) is 0 Å². The SMILES string of the molecule is Cn1c(=S)[nH]c2ncncc21. The van der Waals surface area contributed by atoms with Gasteiger partial charge in [0.1, 0.15) is 11.8 Å². The smallest absolute Gasteiger partial charge is 0.179 e. The van der Waals surface area contributed by atoms with Crippen LogP contribution < -0.4 is 0 Å². The minimum absolute atomic E-state index is 0.667. The third-order valence-corrected chi connectivity index (χ3v) is 1.96. The molecule has 2 heterocycles. The van der Waals surface area contributed by atoms with E-state index in [-0.39, 0.29) is 0 Å². The lowest BCUT2D eigenvalue weighted by Crippen LogP contribution is -1.86. The molecule has 0 saturated heterocycles. The average Bonchev–Trinajstić information content (AvgIpc) is 2.30. The summed E-state index contributed by atoms with van der Waals surface area (Å²) in [6.07, 6.45) is 3.22. The molecule has 0 aliphatic heterocycles. The van der Waals surface area contributed by atoms with Crippen LogP contribution in [0, 0.1) is 4.77 Å². The van der Waals surface area contributed by atoms with Gasteiger partial charge in [0.05, 0.1) is 6.20 Å². The summed E-state index contributed by atoms with van der Waals surface area (Å²) >= 11 is 4.99. The number of H-pyrrole nitrogens is 1. The van der Waals surface area contributed by atoms with Gasteiger partial charge >= 0.3 is 0 Å². The maximum atomic E-state index is 4.99. The predicted molar refractivity (Wildman–Crippen MR) is 43.7 cm³/mol. The summed E-state index contributed by atoms with van der Waals surface area (Å²) in [7, 11) is 1.88. The van der Waals surface area contributed by atoms with Crippen LogP contribution in [0.3, 0.4) is 0 Å². The lowest BCUT2D eigenvalue weighted by molar-refractivity contribution is 0.924. The number of nitrogens with one attached hydrogen (secondary N) is 1. The van der Waals surface area contributed by atoms with E-state index in [1.54, 1.807) is 6.20 Å². The Morgan fingerprint density at radius 2 is 2.45 bits per heavy atom. The second-order valence-corrected chi connectivity index (χ2v) is 2.63. The van der Waals surface area contributed by atoms with Crippen LogP contribution in [-0.4, -0.2) is 19.5 Å². The molecule has 2 aromatic heterocycles. The molecule has 0 aromatic carbocycles. The minimum atomic E-state index is 0.667. The molecule has 2 rings (SSSR count). The van der Waals surface area contributed by atoms with E-state index in [1.807, 2.05) is 11.6 Å². The van der Waals surface area contributed by atoms with Gasteiger partial charge in [0.25, 0.3) is 0 Å². The van der Waals surface area contributed by atoms with E-state index in [1.165, 1.54) is 6.33 Å². The summed E-state index contributed by atoms with van der Waals surface area (Å²) in [6.45, 7) is 0. The zero-order valence-corrected chi connectivity index (χ0v) is 6.72. The molecule has 11 heavy (non-hydrogen) atoms. The highest BCUT2D eigenvalue weighted by Gasteiger charge is 1.98. The zero-order chi connectivity index (χ0) is 7.84. The first kappa shape index (κ1) is 6.48. The van der Waals surface area contributed by atoms with E-state index in [0.29, 0.717) is 4.77 Å². The lowest BCUT2D eigenvalue weighted by Gasteiger charge is -1.89. The highest BCUT2D eigenvalue weighted by atomic mass is 32.1. The number of hydrogen-bond acceptors (Lipinski definition) is 3. The third-order valence-electron chi connectivity index (χ3n) is 1.58. The van der Waals surface area contributed by atoms with Gasteiger partial charge in [-0.3, -0.25) is 0 Å². The fourth-order valence-corrected chi connectivity index (χ4v) is 1.15. The molecule has 0 saturated carbocycles. The molecule has 2 aromatic rings. The van der Waals surface area contributed by atoms with E-state index in [4.69, 9.17) is 12.2 Å². The van der Waals surface area contributed by atoms with Crippen LogP contribution in [0.15, 0.2) is 12.5 Å². The van der Waals surface area contributed by atoms with E-state index in [2.05, 4.69) is 15.0 Å². The standard InChI is InChI=1S/C6H6N4S/c1-10-4-2-7-3-8-5(4)9-6(10)11/h2-3H,1H3,(H,7,8,9,11). The molecule has 4 nitrogen and oxygen atoms in total. The molecule has 0 atom stereocenters. The first-order valence-corrected chi connectivity index (χ1v) is 3.54. The fraction of sp³-hybridized carbons (Fsp3) is 0.167. The molecule has 0 aliphatic rings. The normalized spacial score (nSPS) is 10.6. The second-order valence-electron chi connectivity index (χ2n) is 2.25. The molecule has 0 bridgehead atoms. The molecule has 0 unspecified atom stereocenters. The minimum Gasteiger partial charge on any atom is -0.317 e. The largest absolute Gasteiger partial charge is 0.317 e. The van der Waals surface area contributed by atoms with Gasteiger partial charge in [0, 0.05) is 7.05 Å². The Bertz CT molecular complexity index is 441. The molecule has 0 radical (unpaired) electrons. The van der Waals surface area contributed by atoms with Crippen LogP contribution in [0.2, 0.25) is 0 Å². The quantitative estimate of drug-likeness (QED) is 0.594. The van der Waals surface area contributed by atoms with Crippen molar-refractivity contribution in [1.29, 1.82) is 0 Å². The molecular weight excluding hydrogens is 160 g/mol. The van der Waals surface area contributed by atoms with Crippen molar-refractivity contribution in [1.82, 2.24) is 19.5 Å². The highest BCUT2D eigenvalue weighted by molar-refractivity contribution is 7.71. The number of hydrogen-bond donors (Lipinski definition) is 1. The van der Waals surface area contributed by atoms with Crippen LogP contribution in [0.4, 0.5) is 0 Å². The van der Waals surface area contributed by atoms with Gasteiger partial charge in [-0.2, -0.15) is 0 Å². The molecule has 1 N–H and O–H groups in total. The van der Waals surface area contributed by atoms with Crippen molar-refractivity contribution in [3.05, 3.63) is 17.3 Å². The Morgan fingerprint density at radius 3 is 3.18 bits per heavy atom. The Balaban J connectivity index is 3.04. The van der Waals surface area contributed by atoms with E-state index in [0.717, 1.165) is 11.2 Å². The molecule has 0 spiro atoms. The Morgan fingerprint density at radius 1 is 1.64 bits per heavy atom. The molecule has 0 aliphatic carbocycles. The molecular formula is C6H6N4S. The summed E-state index contributed by atoms with van der Waals surface area (Å²) < 4.78 is 2.51. The maximum Gasteiger partial charge on any atom is 0.179 e. The van der Waals surface area contributed by atoms with Gasteiger partial charge < -0.3 is 9.55 Å². The summed E-state index contributed by atoms with van der Waals surface area (Å²) in [5.74, 6) is 0. The first-order chi connectivity index (χ1) is 5.29. The van der Waals surface area contributed by atoms with Crippen molar-refractivity contribution in [2.75, 3.05) is 0 Å². The lowest BCUT2D eigenvalue weighted by atomic mass is 10.5. The van der Waals surface area contributed by atoms with Crippen LogP contribution >= 0.6 is 12.2 Å². The van der Waals surface area contributed by atoms with Crippen molar-refractivity contribution >= 4 is 23.4 Å². The molecule has 0 fully saturated rings. The highest BCUT2D eigenvalue weighted by Crippen LogP contribution is 2.06. The van der Waals surface area contributed by atoms with Crippen molar-refractivity contribution < 1.29 is 0 Å². The summed E-state index contributed by atoms with van der Waals surface area (Å²) in [4.78, 5) is 10.9. The number of fused-ring (bicyclic) bond motifs is 1. The van der Waals surface area contributed by atoms with E-state index >= 15 is 0 Å². The number of imidazole rings is 1. The zero-order valence-electron chi connectivity index (χ0n) is 5.90. The van der Waals surface area contributed by atoms with Crippen molar-refractivity contribution in [2.24, 2.45) is 7.05 Å². The molecule has 56 valence electrons. The molecule has 0 amide bonds. The number of aromatic amines is 1. The van der Waals surface area contributed by atoms with Gasteiger partial charge in [-0.05, 0) is 12.2 Å². The van der Waals surface area contributed by atoms with E-state index < -0.39 is 0 Å². The Hall–Kier alpha value is -1.23. The van der Waals surface area contributed by atoms with Crippen LogP contribution in [-0.2, 0) is 7.05 Å². The third kappa shape index (κ3) is 0.848. The summed E-state index contributed by atoms with van der Waals surface area (Å²) in [5.41, 5.74) is 1.71. The number of nitrogens with zero attached hydrogens (tertiary/aromatic N) is 3. The maximum absolute atomic E-state index is 4.99. The molecule has 5 heteroatoms. The number of aryl methyl sites for hydroxylation is 1. The van der Waals surface area contributed by atoms with Crippen LogP contribution in [0.1, 0.15) is 0 Å². The van der Waals surface area contributed by atoms with Crippen molar-refractivity contribution in [2.45, 2.75) is 0 Å². The topological polar surface area (TPSA) is 46.5 Å². The van der Waals surface area contributed by atoms with Gasteiger partial charge in [-0.25, -0.2) is 9.97 Å². The number of aromatic nitrogens is 4. The summed E-state index contributed by atoms with van der Waals surface area (Å²) in [5, 5.41) is 0.